The number of nitro benzene ring substituents is 1. The van der Waals surface area contributed by atoms with Crippen molar-refractivity contribution < 1.29 is 19.6 Å². The smallest absolute Gasteiger partial charge is 0.269 e. The number of Topliss-reactive ketones (excluding diaryl/α,β-unsaturated/α-hetero) is 1. The minimum Gasteiger partial charge on any atom is -0.507 e. The van der Waals surface area contributed by atoms with Gasteiger partial charge in [0.15, 0.2) is 5.76 Å². The molecule has 2 aromatic carbocycles. The number of aromatic hydroxyl groups is 1. The molecule has 7 nitrogen and oxygen atoms in total. The van der Waals surface area contributed by atoms with Gasteiger partial charge in [-0.15, -0.1) is 0 Å². The Kier molecular flexibility index (Phi) is 5.07. The summed E-state index contributed by atoms with van der Waals surface area (Å²) in [6, 6.07) is 9.01. The van der Waals surface area contributed by atoms with Crippen molar-refractivity contribution in [1.29, 1.82) is 0 Å². The summed E-state index contributed by atoms with van der Waals surface area (Å²) in [4.78, 5) is 25.4. The zero-order valence-corrected chi connectivity index (χ0v) is 16.1. The van der Waals surface area contributed by atoms with Crippen LogP contribution in [0, 0.1) is 16.0 Å². The van der Waals surface area contributed by atoms with Gasteiger partial charge >= 0.3 is 0 Å². The quantitative estimate of drug-likeness (QED) is 0.476. The van der Waals surface area contributed by atoms with Crippen LogP contribution < -0.4 is 4.74 Å². The highest BCUT2D eigenvalue weighted by Gasteiger charge is 2.32. The summed E-state index contributed by atoms with van der Waals surface area (Å²) in [6.07, 6.45) is 3.79. The fourth-order valence-electron chi connectivity index (χ4n) is 3.74. The van der Waals surface area contributed by atoms with Gasteiger partial charge in [0.25, 0.3) is 5.69 Å². The normalized spacial score (nSPS) is 18.7. The first-order valence-electron chi connectivity index (χ1n) is 9.68. The standard InChI is InChI=1S/C22H22N2O5/c1-14-8-10-23(11-9-14)13-18-19(25)7-6-17-21(26)20(29-22(17)18)12-15-2-4-16(5-3-15)24(27)28/h2-7,12,14,25H,8-11,13H2,1H3/b20-12+. The Morgan fingerprint density at radius 1 is 1.21 bits per heavy atom. The highest BCUT2D eigenvalue weighted by Crippen LogP contribution is 2.40. The van der Waals surface area contributed by atoms with E-state index in [1.165, 1.54) is 18.2 Å². The molecular formula is C22H22N2O5. The average Bonchev–Trinajstić information content (AvgIpc) is 3.02. The summed E-state index contributed by atoms with van der Waals surface area (Å²) in [5, 5.41) is 21.2. The van der Waals surface area contributed by atoms with Crippen LogP contribution in [-0.2, 0) is 6.54 Å². The van der Waals surface area contributed by atoms with E-state index in [1.54, 1.807) is 24.3 Å². The fourth-order valence-corrected chi connectivity index (χ4v) is 3.74. The van der Waals surface area contributed by atoms with Crippen molar-refractivity contribution >= 4 is 17.5 Å². The number of ether oxygens (including phenoxy) is 1. The third kappa shape index (κ3) is 3.86. The summed E-state index contributed by atoms with van der Waals surface area (Å²) in [5.41, 5.74) is 1.66. The van der Waals surface area contributed by atoms with Crippen LogP contribution in [0.25, 0.3) is 6.08 Å². The van der Waals surface area contributed by atoms with E-state index in [2.05, 4.69) is 11.8 Å². The molecule has 0 saturated carbocycles. The Bertz CT molecular complexity index is 989. The van der Waals surface area contributed by atoms with Crippen molar-refractivity contribution in [2.75, 3.05) is 13.1 Å². The predicted octanol–water partition coefficient (Wildman–Crippen LogP) is 4.15. The number of benzene rings is 2. The molecule has 0 bridgehead atoms. The van der Waals surface area contributed by atoms with E-state index in [9.17, 15) is 20.0 Å². The van der Waals surface area contributed by atoms with Crippen LogP contribution in [-0.4, -0.2) is 33.8 Å². The molecule has 2 aliphatic heterocycles. The van der Waals surface area contributed by atoms with Crippen molar-refractivity contribution in [2.45, 2.75) is 26.3 Å². The molecule has 150 valence electrons. The van der Waals surface area contributed by atoms with Crippen LogP contribution in [0.15, 0.2) is 42.2 Å². The lowest BCUT2D eigenvalue weighted by atomic mass is 9.98. The number of likely N-dealkylation sites (tertiary alicyclic amines) is 1. The van der Waals surface area contributed by atoms with Gasteiger partial charge in [0.2, 0.25) is 5.78 Å². The largest absolute Gasteiger partial charge is 0.507 e. The lowest BCUT2D eigenvalue weighted by molar-refractivity contribution is -0.384. The molecule has 29 heavy (non-hydrogen) atoms. The molecule has 0 aliphatic carbocycles. The summed E-state index contributed by atoms with van der Waals surface area (Å²) in [6.45, 7) is 4.67. The van der Waals surface area contributed by atoms with E-state index in [4.69, 9.17) is 4.74 Å². The summed E-state index contributed by atoms with van der Waals surface area (Å²) >= 11 is 0. The van der Waals surface area contributed by atoms with Crippen LogP contribution in [0.2, 0.25) is 0 Å². The molecule has 2 aromatic rings. The molecule has 7 heteroatoms. The maximum atomic E-state index is 12.8. The van der Waals surface area contributed by atoms with Crippen LogP contribution in [0.5, 0.6) is 11.5 Å². The number of piperidine rings is 1. The summed E-state index contributed by atoms with van der Waals surface area (Å²) < 4.78 is 5.87. The SMILES string of the molecule is CC1CCN(Cc2c(O)ccc3c2O/C(=C/c2ccc([N+](=O)[O-])cc2)C3=O)CC1. The monoisotopic (exact) mass is 394 g/mol. The number of nitro groups is 1. The Morgan fingerprint density at radius 2 is 1.90 bits per heavy atom. The van der Waals surface area contributed by atoms with Crippen LogP contribution >= 0.6 is 0 Å². The van der Waals surface area contributed by atoms with Gasteiger partial charge < -0.3 is 9.84 Å². The third-order valence-electron chi connectivity index (χ3n) is 5.58. The number of hydrogen-bond acceptors (Lipinski definition) is 6. The first-order valence-corrected chi connectivity index (χ1v) is 9.68. The van der Waals surface area contributed by atoms with Crippen molar-refractivity contribution in [3.63, 3.8) is 0 Å². The van der Waals surface area contributed by atoms with Crippen molar-refractivity contribution in [2.24, 2.45) is 5.92 Å². The topological polar surface area (TPSA) is 92.9 Å². The number of phenolic OH excluding ortho intramolecular Hbond substituents is 1. The van der Waals surface area contributed by atoms with Gasteiger partial charge in [0.05, 0.1) is 16.1 Å². The minimum absolute atomic E-state index is 0.0165. The highest BCUT2D eigenvalue weighted by atomic mass is 16.6. The first-order chi connectivity index (χ1) is 13.9. The second-order valence-electron chi connectivity index (χ2n) is 7.69. The molecule has 2 heterocycles. The maximum Gasteiger partial charge on any atom is 0.269 e. The first kappa shape index (κ1) is 19.1. The number of phenols is 1. The molecular weight excluding hydrogens is 372 g/mol. The third-order valence-corrected chi connectivity index (χ3v) is 5.58. The molecule has 0 aromatic heterocycles. The van der Waals surface area contributed by atoms with Crippen LogP contribution in [0.1, 0.15) is 41.3 Å². The van der Waals surface area contributed by atoms with E-state index in [1.807, 2.05) is 0 Å². The van der Waals surface area contributed by atoms with Gasteiger partial charge in [0.1, 0.15) is 11.5 Å². The van der Waals surface area contributed by atoms with Gasteiger partial charge in [-0.2, -0.15) is 0 Å². The zero-order chi connectivity index (χ0) is 20.5. The second kappa shape index (κ2) is 7.67. The Labute approximate surface area is 168 Å². The summed E-state index contributed by atoms with van der Waals surface area (Å²) in [5.74, 6) is 1.11. The van der Waals surface area contributed by atoms with Gasteiger partial charge in [-0.05, 0) is 67.8 Å². The number of non-ortho nitro benzene ring substituents is 1. The van der Waals surface area contributed by atoms with Crippen molar-refractivity contribution in [1.82, 2.24) is 4.90 Å². The van der Waals surface area contributed by atoms with Crippen LogP contribution in [0.4, 0.5) is 5.69 Å². The zero-order valence-electron chi connectivity index (χ0n) is 16.1. The maximum absolute atomic E-state index is 12.8. The number of carbonyl (C=O) groups is 1. The fraction of sp³-hybridized carbons (Fsp3) is 0.318. The Hall–Kier alpha value is -3.19. The number of carbonyl (C=O) groups excluding carboxylic acids is 1. The number of allylic oxidation sites excluding steroid dienone is 1. The van der Waals surface area contributed by atoms with Gasteiger partial charge in [-0.3, -0.25) is 19.8 Å². The van der Waals surface area contributed by atoms with E-state index >= 15 is 0 Å². The van der Waals surface area contributed by atoms with Crippen LogP contribution in [0.3, 0.4) is 0 Å². The molecule has 2 aliphatic rings. The van der Waals surface area contributed by atoms with Gasteiger partial charge in [-0.25, -0.2) is 0 Å². The molecule has 0 radical (unpaired) electrons. The lowest BCUT2D eigenvalue weighted by Gasteiger charge is -2.30. The number of ketones is 1. The van der Waals surface area contributed by atoms with E-state index < -0.39 is 4.92 Å². The molecule has 0 amide bonds. The predicted molar refractivity (Wildman–Crippen MR) is 108 cm³/mol. The number of rotatable bonds is 4. The van der Waals surface area contributed by atoms with Gasteiger partial charge in [0, 0.05) is 18.7 Å². The lowest BCUT2D eigenvalue weighted by Crippen LogP contribution is -2.32. The number of nitrogens with zero attached hydrogens (tertiary/aromatic N) is 2. The average molecular weight is 394 g/mol. The van der Waals surface area contributed by atoms with Crippen molar-refractivity contribution in [3.8, 4) is 11.5 Å². The van der Waals surface area contributed by atoms with E-state index in [-0.39, 0.29) is 23.0 Å². The molecule has 0 spiro atoms. The number of fused-ring (bicyclic) bond motifs is 1. The minimum atomic E-state index is -0.472. The Balaban J connectivity index is 1.59. The molecule has 1 fully saturated rings. The number of hydrogen-bond donors (Lipinski definition) is 1. The molecule has 1 saturated heterocycles. The second-order valence-corrected chi connectivity index (χ2v) is 7.69. The summed E-state index contributed by atoms with van der Waals surface area (Å²) in [7, 11) is 0. The molecule has 4 rings (SSSR count). The van der Waals surface area contributed by atoms with E-state index in [0.717, 1.165) is 25.9 Å². The Morgan fingerprint density at radius 3 is 2.55 bits per heavy atom. The molecule has 0 unspecified atom stereocenters. The molecule has 1 N–H and O–H groups in total. The molecule has 0 atom stereocenters. The van der Waals surface area contributed by atoms with Crippen molar-refractivity contribution in [3.05, 3.63) is 69.0 Å². The van der Waals surface area contributed by atoms with Gasteiger partial charge in [-0.1, -0.05) is 6.92 Å². The highest BCUT2D eigenvalue weighted by molar-refractivity contribution is 6.15. The van der Waals surface area contributed by atoms with E-state index in [0.29, 0.717) is 34.9 Å².